The van der Waals surface area contributed by atoms with Crippen LogP contribution in [0, 0.1) is 6.92 Å². The molecule has 2 aromatic carbocycles. The highest BCUT2D eigenvalue weighted by atomic mass is 32.2. The number of carbonyl (C=O) groups excluding carboxylic acids is 1. The molecule has 0 N–H and O–H groups in total. The Balaban J connectivity index is 2.48. The predicted molar refractivity (Wildman–Crippen MR) is 98.9 cm³/mol. The van der Waals surface area contributed by atoms with Crippen molar-refractivity contribution >= 4 is 16.0 Å². The van der Waals surface area contributed by atoms with Crippen molar-refractivity contribution in [3.63, 3.8) is 0 Å². The normalized spacial score (nSPS) is 12.7. The Kier molecular flexibility index (Phi) is 6.05. The summed E-state index contributed by atoms with van der Waals surface area (Å²) in [7, 11) is 0.476. The quantitative estimate of drug-likeness (QED) is 0.723. The SMILES string of the molecule is COC(=O)c1ccc(C)c(S(=O)(=O)N(C)[C@H](C)c2ccccc2OC)c1. The van der Waals surface area contributed by atoms with Gasteiger partial charge in [0.15, 0.2) is 0 Å². The van der Waals surface area contributed by atoms with Crippen LogP contribution in [0.2, 0.25) is 0 Å². The van der Waals surface area contributed by atoms with E-state index in [1.165, 1.54) is 24.5 Å². The summed E-state index contributed by atoms with van der Waals surface area (Å²) in [6.45, 7) is 3.48. The first-order valence-electron chi connectivity index (χ1n) is 8.04. The van der Waals surface area contributed by atoms with Crippen LogP contribution in [-0.2, 0) is 14.8 Å². The molecule has 2 rings (SSSR count). The van der Waals surface area contributed by atoms with Gasteiger partial charge >= 0.3 is 5.97 Å². The van der Waals surface area contributed by atoms with E-state index in [-0.39, 0.29) is 10.5 Å². The lowest BCUT2D eigenvalue weighted by Crippen LogP contribution is -2.30. The average Bonchev–Trinajstić information content (AvgIpc) is 2.66. The number of para-hydroxylation sites is 1. The molecule has 0 aliphatic heterocycles. The molecular formula is C19H23NO5S. The van der Waals surface area contributed by atoms with E-state index in [0.29, 0.717) is 11.3 Å². The van der Waals surface area contributed by atoms with E-state index in [2.05, 4.69) is 4.74 Å². The van der Waals surface area contributed by atoms with Gasteiger partial charge in [0, 0.05) is 12.6 Å². The van der Waals surface area contributed by atoms with Crippen molar-refractivity contribution < 1.29 is 22.7 Å². The molecule has 26 heavy (non-hydrogen) atoms. The molecule has 2 aromatic rings. The summed E-state index contributed by atoms with van der Waals surface area (Å²) in [6, 6.07) is 11.3. The van der Waals surface area contributed by atoms with E-state index in [4.69, 9.17) is 4.74 Å². The number of sulfonamides is 1. The minimum absolute atomic E-state index is 0.0737. The lowest BCUT2D eigenvalue weighted by Gasteiger charge is -2.26. The molecule has 1 atom stereocenters. The summed E-state index contributed by atoms with van der Waals surface area (Å²) >= 11 is 0. The van der Waals surface area contributed by atoms with E-state index in [1.54, 1.807) is 39.2 Å². The van der Waals surface area contributed by atoms with Gasteiger partial charge in [0.2, 0.25) is 10.0 Å². The zero-order valence-electron chi connectivity index (χ0n) is 15.5. The van der Waals surface area contributed by atoms with Crippen LogP contribution < -0.4 is 4.74 Å². The molecule has 6 nitrogen and oxygen atoms in total. The van der Waals surface area contributed by atoms with E-state index < -0.39 is 22.0 Å². The zero-order valence-corrected chi connectivity index (χ0v) is 16.3. The summed E-state index contributed by atoms with van der Waals surface area (Å²) in [4.78, 5) is 11.8. The maximum Gasteiger partial charge on any atom is 0.337 e. The van der Waals surface area contributed by atoms with Crippen LogP contribution in [0.15, 0.2) is 47.4 Å². The van der Waals surface area contributed by atoms with Crippen LogP contribution in [0.4, 0.5) is 0 Å². The summed E-state index contributed by atoms with van der Waals surface area (Å²) < 4.78 is 37.6. The van der Waals surface area contributed by atoms with Gasteiger partial charge in [-0.25, -0.2) is 13.2 Å². The van der Waals surface area contributed by atoms with E-state index >= 15 is 0 Å². The second-order valence-electron chi connectivity index (χ2n) is 5.91. The Bertz CT molecular complexity index is 908. The van der Waals surface area contributed by atoms with Gasteiger partial charge < -0.3 is 9.47 Å². The summed E-state index contributed by atoms with van der Waals surface area (Å²) in [5.41, 5.74) is 1.50. The molecule has 0 spiro atoms. The number of carbonyl (C=O) groups is 1. The molecule has 0 aliphatic carbocycles. The van der Waals surface area contributed by atoms with Crippen LogP contribution in [0.3, 0.4) is 0 Å². The molecule has 140 valence electrons. The molecule has 0 amide bonds. The Morgan fingerprint density at radius 3 is 2.38 bits per heavy atom. The maximum atomic E-state index is 13.2. The number of ether oxygens (including phenoxy) is 2. The van der Waals surface area contributed by atoms with Gasteiger partial charge in [0.1, 0.15) is 5.75 Å². The Morgan fingerprint density at radius 2 is 1.77 bits per heavy atom. The van der Waals surface area contributed by atoms with E-state index in [1.807, 2.05) is 18.2 Å². The summed E-state index contributed by atoms with van der Waals surface area (Å²) in [5.74, 6) is 0.0314. The molecule has 0 unspecified atom stereocenters. The Labute approximate surface area is 154 Å². The van der Waals surface area contributed by atoms with Crippen molar-refractivity contribution in [1.29, 1.82) is 0 Å². The minimum atomic E-state index is -3.84. The fourth-order valence-electron chi connectivity index (χ4n) is 2.69. The molecule has 7 heteroatoms. The smallest absolute Gasteiger partial charge is 0.337 e. The lowest BCUT2D eigenvalue weighted by molar-refractivity contribution is 0.0600. The third-order valence-electron chi connectivity index (χ3n) is 4.40. The minimum Gasteiger partial charge on any atom is -0.496 e. The Hall–Kier alpha value is -2.38. The monoisotopic (exact) mass is 377 g/mol. The molecule has 0 saturated carbocycles. The first-order valence-corrected chi connectivity index (χ1v) is 9.48. The third kappa shape index (κ3) is 3.73. The zero-order chi connectivity index (χ0) is 19.5. The van der Waals surface area contributed by atoms with Crippen molar-refractivity contribution in [3.05, 3.63) is 59.2 Å². The van der Waals surface area contributed by atoms with Crippen molar-refractivity contribution in [1.82, 2.24) is 4.31 Å². The number of methoxy groups -OCH3 is 2. The number of aryl methyl sites for hydroxylation is 1. The summed E-state index contributed by atoms with van der Waals surface area (Å²) in [6.07, 6.45) is 0. The second kappa shape index (κ2) is 7.88. The first kappa shape index (κ1) is 19.9. The van der Waals surface area contributed by atoms with Gasteiger partial charge in [-0.3, -0.25) is 0 Å². The maximum absolute atomic E-state index is 13.2. The fourth-order valence-corrected chi connectivity index (χ4v) is 4.28. The number of hydrogen-bond donors (Lipinski definition) is 0. The van der Waals surface area contributed by atoms with Crippen molar-refractivity contribution in [2.24, 2.45) is 0 Å². The first-order chi connectivity index (χ1) is 12.2. The van der Waals surface area contributed by atoms with Crippen LogP contribution in [0.5, 0.6) is 5.75 Å². The highest BCUT2D eigenvalue weighted by Gasteiger charge is 2.29. The van der Waals surface area contributed by atoms with Crippen LogP contribution >= 0.6 is 0 Å². The average molecular weight is 377 g/mol. The number of hydrogen-bond acceptors (Lipinski definition) is 5. The standard InChI is InChI=1S/C19H23NO5S/c1-13-10-11-15(19(21)25-5)12-18(13)26(22,23)20(3)14(2)16-8-6-7-9-17(16)24-4/h6-12,14H,1-5H3/t14-/m1/s1. The molecular weight excluding hydrogens is 354 g/mol. The molecule has 0 saturated heterocycles. The third-order valence-corrected chi connectivity index (χ3v) is 6.47. The Morgan fingerprint density at radius 1 is 1.12 bits per heavy atom. The molecule has 0 aliphatic rings. The molecule has 0 radical (unpaired) electrons. The molecule has 0 fully saturated rings. The molecule has 0 heterocycles. The highest BCUT2D eigenvalue weighted by molar-refractivity contribution is 7.89. The van der Waals surface area contributed by atoms with Crippen molar-refractivity contribution in [2.45, 2.75) is 24.8 Å². The summed E-state index contributed by atoms with van der Waals surface area (Å²) in [5, 5.41) is 0. The van der Waals surface area contributed by atoms with Crippen molar-refractivity contribution in [3.8, 4) is 5.75 Å². The van der Waals surface area contributed by atoms with Crippen LogP contribution in [0.1, 0.15) is 34.5 Å². The number of esters is 1. The topological polar surface area (TPSA) is 72.9 Å². The number of benzene rings is 2. The fraction of sp³-hybridized carbons (Fsp3) is 0.316. The van der Waals surface area contributed by atoms with Crippen LogP contribution in [-0.4, -0.2) is 40.0 Å². The van der Waals surface area contributed by atoms with Gasteiger partial charge in [-0.1, -0.05) is 24.3 Å². The van der Waals surface area contributed by atoms with Crippen LogP contribution in [0.25, 0.3) is 0 Å². The van der Waals surface area contributed by atoms with Gasteiger partial charge in [-0.15, -0.1) is 0 Å². The van der Waals surface area contributed by atoms with Crippen molar-refractivity contribution in [2.75, 3.05) is 21.3 Å². The van der Waals surface area contributed by atoms with Gasteiger partial charge in [0.25, 0.3) is 0 Å². The predicted octanol–water partition coefficient (Wildman–Crippen LogP) is 3.17. The van der Waals surface area contributed by atoms with Gasteiger partial charge in [-0.2, -0.15) is 4.31 Å². The second-order valence-corrected chi connectivity index (χ2v) is 7.88. The highest BCUT2D eigenvalue weighted by Crippen LogP contribution is 2.32. The van der Waals surface area contributed by atoms with Gasteiger partial charge in [-0.05, 0) is 37.6 Å². The number of nitrogens with zero attached hydrogens (tertiary/aromatic N) is 1. The molecule has 0 aromatic heterocycles. The molecule has 0 bridgehead atoms. The van der Waals surface area contributed by atoms with Gasteiger partial charge in [0.05, 0.1) is 30.7 Å². The van der Waals surface area contributed by atoms with E-state index in [0.717, 1.165) is 5.56 Å². The van der Waals surface area contributed by atoms with E-state index in [9.17, 15) is 13.2 Å². The number of rotatable bonds is 6. The largest absolute Gasteiger partial charge is 0.496 e. The lowest BCUT2D eigenvalue weighted by atomic mass is 10.1.